The van der Waals surface area contributed by atoms with Crippen molar-refractivity contribution in [3.05, 3.63) is 29.8 Å². The van der Waals surface area contributed by atoms with Crippen LogP contribution in [0.2, 0.25) is 0 Å². The van der Waals surface area contributed by atoms with E-state index in [4.69, 9.17) is 4.74 Å². The second-order valence-corrected chi connectivity index (χ2v) is 8.87. The van der Waals surface area contributed by atoms with Crippen molar-refractivity contribution in [2.45, 2.75) is 43.1 Å². The summed E-state index contributed by atoms with van der Waals surface area (Å²) in [6.45, 7) is 2.76. The van der Waals surface area contributed by atoms with Crippen LogP contribution in [0.1, 0.15) is 42.5 Å². The summed E-state index contributed by atoms with van der Waals surface area (Å²) in [6, 6.07) is 5.75. The first kappa shape index (κ1) is 20.8. The molecule has 1 aromatic rings. The van der Waals surface area contributed by atoms with Crippen LogP contribution in [0.25, 0.3) is 0 Å². The van der Waals surface area contributed by atoms with Crippen molar-refractivity contribution in [3.63, 3.8) is 0 Å². The van der Waals surface area contributed by atoms with Crippen LogP contribution in [0.4, 0.5) is 0 Å². The Morgan fingerprint density at radius 3 is 2.46 bits per heavy atom. The molecule has 2 aliphatic rings. The maximum atomic E-state index is 12.3. The summed E-state index contributed by atoms with van der Waals surface area (Å²) < 4.78 is 32.6. The third-order valence-corrected chi connectivity index (χ3v) is 6.47. The summed E-state index contributed by atoms with van der Waals surface area (Å²) in [5.41, 5.74) is 0.353. The van der Waals surface area contributed by atoms with Crippen molar-refractivity contribution in [3.8, 4) is 0 Å². The molecule has 2 amide bonds. The number of nitrogens with zero attached hydrogens (tertiary/aromatic N) is 1. The molecule has 2 aliphatic heterocycles. The first-order valence-corrected chi connectivity index (χ1v) is 11.2. The summed E-state index contributed by atoms with van der Waals surface area (Å²) in [7, 11) is -3.64. The van der Waals surface area contributed by atoms with Gasteiger partial charge in [0.15, 0.2) is 0 Å². The SMILES string of the molecule is O=C(NCCC(=O)N1CCCC1)c1ccc(S(=O)(=O)NC[C@@H]2CCCO2)cc1. The van der Waals surface area contributed by atoms with Crippen molar-refractivity contribution in [1.29, 1.82) is 0 Å². The zero-order valence-electron chi connectivity index (χ0n) is 15.9. The summed E-state index contributed by atoms with van der Waals surface area (Å²) in [5.74, 6) is -0.276. The molecule has 0 radical (unpaired) electrons. The molecule has 154 valence electrons. The molecule has 0 bridgehead atoms. The Kier molecular flexibility index (Phi) is 7.03. The molecule has 0 aromatic heterocycles. The molecule has 1 atom stereocenters. The van der Waals surface area contributed by atoms with Gasteiger partial charge in [-0.1, -0.05) is 0 Å². The second-order valence-electron chi connectivity index (χ2n) is 7.11. The molecule has 8 nitrogen and oxygen atoms in total. The highest BCUT2D eigenvalue weighted by molar-refractivity contribution is 7.89. The average molecular weight is 410 g/mol. The van der Waals surface area contributed by atoms with Crippen LogP contribution in [0, 0.1) is 0 Å². The van der Waals surface area contributed by atoms with E-state index in [-0.39, 0.29) is 42.3 Å². The van der Waals surface area contributed by atoms with Crippen LogP contribution in [0.3, 0.4) is 0 Å². The van der Waals surface area contributed by atoms with Gasteiger partial charge in [-0.2, -0.15) is 0 Å². The van der Waals surface area contributed by atoms with E-state index in [1.807, 2.05) is 4.90 Å². The van der Waals surface area contributed by atoms with Gasteiger partial charge in [-0.25, -0.2) is 13.1 Å². The molecule has 2 heterocycles. The molecule has 2 saturated heterocycles. The van der Waals surface area contributed by atoms with Crippen LogP contribution < -0.4 is 10.0 Å². The van der Waals surface area contributed by atoms with Crippen molar-refractivity contribution in [2.75, 3.05) is 32.8 Å². The fourth-order valence-corrected chi connectivity index (χ4v) is 4.45. The Balaban J connectivity index is 1.47. The number of hydrogen-bond acceptors (Lipinski definition) is 5. The van der Waals surface area contributed by atoms with Crippen molar-refractivity contribution >= 4 is 21.8 Å². The Bertz CT molecular complexity index is 782. The van der Waals surface area contributed by atoms with Gasteiger partial charge in [-0.15, -0.1) is 0 Å². The maximum absolute atomic E-state index is 12.3. The van der Waals surface area contributed by atoms with Crippen LogP contribution in [0.5, 0.6) is 0 Å². The highest BCUT2D eigenvalue weighted by Gasteiger charge is 2.21. The highest BCUT2D eigenvalue weighted by Crippen LogP contribution is 2.14. The van der Waals surface area contributed by atoms with E-state index < -0.39 is 10.0 Å². The molecule has 0 saturated carbocycles. The Labute approximate surface area is 165 Å². The minimum absolute atomic E-state index is 0.0524. The van der Waals surface area contributed by atoms with Gasteiger partial charge in [-0.05, 0) is 49.9 Å². The van der Waals surface area contributed by atoms with Crippen molar-refractivity contribution in [2.24, 2.45) is 0 Å². The first-order valence-electron chi connectivity index (χ1n) is 9.73. The average Bonchev–Trinajstić information content (AvgIpc) is 3.40. The number of carbonyl (C=O) groups excluding carboxylic acids is 2. The highest BCUT2D eigenvalue weighted by atomic mass is 32.2. The molecular formula is C19H27N3O5S. The minimum atomic E-state index is -3.64. The van der Waals surface area contributed by atoms with Gasteiger partial charge >= 0.3 is 0 Å². The van der Waals surface area contributed by atoms with Gasteiger partial charge in [0.25, 0.3) is 5.91 Å². The van der Waals surface area contributed by atoms with E-state index in [1.165, 1.54) is 24.3 Å². The van der Waals surface area contributed by atoms with Crippen LogP contribution >= 0.6 is 0 Å². The quantitative estimate of drug-likeness (QED) is 0.663. The van der Waals surface area contributed by atoms with Gasteiger partial charge in [0.1, 0.15) is 0 Å². The number of sulfonamides is 1. The molecule has 3 rings (SSSR count). The maximum Gasteiger partial charge on any atom is 0.251 e. The van der Waals surface area contributed by atoms with E-state index in [0.29, 0.717) is 12.2 Å². The predicted octanol–water partition coefficient (Wildman–Crippen LogP) is 0.886. The fourth-order valence-electron chi connectivity index (χ4n) is 3.39. The molecule has 0 unspecified atom stereocenters. The second kappa shape index (κ2) is 9.49. The first-order chi connectivity index (χ1) is 13.5. The Hall–Kier alpha value is -1.97. The van der Waals surface area contributed by atoms with E-state index in [2.05, 4.69) is 10.0 Å². The molecular weight excluding hydrogens is 382 g/mol. The van der Waals surface area contributed by atoms with Gasteiger partial charge in [-0.3, -0.25) is 9.59 Å². The summed E-state index contributed by atoms with van der Waals surface area (Å²) in [6.07, 6.45) is 4.06. The standard InChI is InChI=1S/C19H27N3O5S/c23-18(22-11-1-2-12-22)9-10-20-19(24)15-5-7-17(8-6-15)28(25,26)21-14-16-4-3-13-27-16/h5-8,16,21H,1-4,9-14H2,(H,20,24)/t16-/m0/s1. The zero-order chi connectivity index (χ0) is 20.0. The van der Waals surface area contributed by atoms with E-state index >= 15 is 0 Å². The molecule has 0 aliphatic carbocycles. The molecule has 9 heteroatoms. The molecule has 0 spiro atoms. The van der Waals surface area contributed by atoms with Crippen LogP contribution in [0.15, 0.2) is 29.2 Å². The van der Waals surface area contributed by atoms with Crippen molar-refractivity contribution in [1.82, 2.24) is 14.9 Å². The molecule has 28 heavy (non-hydrogen) atoms. The predicted molar refractivity (Wildman–Crippen MR) is 103 cm³/mol. The normalized spacial score (nSPS) is 19.7. The molecule has 2 N–H and O–H groups in total. The lowest BCUT2D eigenvalue weighted by atomic mass is 10.2. The smallest absolute Gasteiger partial charge is 0.251 e. The van der Waals surface area contributed by atoms with Crippen LogP contribution in [-0.4, -0.2) is 64.0 Å². The summed E-state index contributed by atoms with van der Waals surface area (Å²) in [5, 5.41) is 2.71. The number of hydrogen-bond donors (Lipinski definition) is 2. The topological polar surface area (TPSA) is 105 Å². The third kappa shape index (κ3) is 5.52. The lowest BCUT2D eigenvalue weighted by Gasteiger charge is -2.15. The van der Waals surface area contributed by atoms with E-state index in [9.17, 15) is 18.0 Å². The summed E-state index contributed by atoms with van der Waals surface area (Å²) >= 11 is 0. The Morgan fingerprint density at radius 2 is 1.82 bits per heavy atom. The number of rotatable bonds is 8. The third-order valence-electron chi connectivity index (χ3n) is 5.04. The minimum Gasteiger partial charge on any atom is -0.377 e. The number of benzene rings is 1. The lowest BCUT2D eigenvalue weighted by molar-refractivity contribution is -0.129. The fraction of sp³-hybridized carbons (Fsp3) is 0.579. The van der Waals surface area contributed by atoms with Gasteiger partial charge in [0.05, 0.1) is 11.0 Å². The number of likely N-dealkylation sites (tertiary alicyclic amines) is 1. The number of nitrogens with one attached hydrogen (secondary N) is 2. The number of carbonyl (C=O) groups is 2. The summed E-state index contributed by atoms with van der Waals surface area (Å²) in [4.78, 5) is 26.1. The molecule has 1 aromatic carbocycles. The van der Waals surface area contributed by atoms with E-state index in [0.717, 1.165) is 38.8 Å². The van der Waals surface area contributed by atoms with Gasteiger partial charge in [0, 0.05) is 44.8 Å². The lowest BCUT2D eigenvalue weighted by Crippen LogP contribution is -2.33. The van der Waals surface area contributed by atoms with Crippen LogP contribution in [-0.2, 0) is 19.6 Å². The zero-order valence-corrected chi connectivity index (χ0v) is 16.7. The van der Waals surface area contributed by atoms with Gasteiger partial charge in [0.2, 0.25) is 15.9 Å². The molecule has 2 fully saturated rings. The number of ether oxygens (including phenoxy) is 1. The van der Waals surface area contributed by atoms with E-state index in [1.54, 1.807) is 0 Å². The Morgan fingerprint density at radius 1 is 1.11 bits per heavy atom. The van der Waals surface area contributed by atoms with Gasteiger partial charge < -0.3 is 15.0 Å². The van der Waals surface area contributed by atoms with Crippen molar-refractivity contribution < 1.29 is 22.7 Å². The monoisotopic (exact) mass is 409 g/mol. The largest absolute Gasteiger partial charge is 0.377 e. The number of amides is 2.